The number of carbonyl (C=O) groups excluding carboxylic acids is 2. The lowest BCUT2D eigenvalue weighted by Crippen LogP contribution is -2.48. The van der Waals surface area contributed by atoms with Gasteiger partial charge in [0.15, 0.2) is 0 Å². The fraction of sp³-hybridized carbons (Fsp3) is 0.391. The number of halogens is 2. The molecule has 0 aliphatic carbocycles. The van der Waals surface area contributed by atoms with E-state index in [1.54, 1.807) is 30.1 Å². The van der Waals surface area contributed by atoms with E-state index in [9.17, 15) is 9.59 Å². The second-order valence-electron chi connectivity index (χ2n) is 7.06. The number of nitrogens with zero attached hydrogens (tertiary/aromatic N) is 1. The highest BCUT2D eigenvalue weighted by atomic mass is 35.5. The van der Waals surface area contributed by atoms with Gasteiger partial charge in [0.1, 0.15) is 11.8 Å². The minimum absolute atomic E-state index is 0.121. The highest BCUT2D eigenvalue weighted by molar-refractivity contribution is 6.35. The Morgan fingerprint density at radius 3 is 2.43 bits per heavy atom. The van der Waals surface area contributed by atoms with E-state index in [-0.39, 0.29) is 24.8 Å². The number of rotatable bonds is 10. The molecule has 30 heavy (non-hydrogen) atoms. The van der Waals surface area contributed by atoms with E-state index < -0.39 is 6.04 Å². The molecule has 0 spiro atoms. The van der Waals surface area contributed by atoms with E-state index in [0.29, 0.717) is 29.5 Å². The molecule has 0 fully saturated rings. The number of aryl methyl sites for hydroxylation is 1. The first kappa shape index (κ1) is 24.0. The molecule has 0 saturated carbocycles. The van der Waals surface area contributed by atoms with Crippen LogP contribution in [0.1, 0.15) is 37.3 Å². The number of hydrogen-bond acceptors (Lipinski definition) is 3. The zero-order valence-electron chi connectivity index (χ0n) is 17.6. The smallest absolute Gasteiger partial charge is 0.242 e. The Hall–Kier alpha value is -2.24. The van der Waals surface area contributed by atoms with Crippen molar-refractivity contribution in [1.82, 2.24) is 10.2 Å². The second-order valence-corrected chi connectivity index (χ2v) is 7.90. The van der Waals surface area contributed by atoms with E-state index >= 15 is 0 Å². The zero-order chi connectivity index (χ0) is 22.1. The lowest BCUT2D eigenvalue weighted by molar-refractivity contribution is -0.141. The van der Waals surface area contributed by atoms with Gasteiger partial charge in [-0.05, 0) is 49.6 Å². The van der Waals surface area contributed by atoms with Crippen molar-refractivity contribution in [3.63, 3.8) is 0 Å². The maximum Gasteiger partial charge on any atom is 0.242 e. The Labute approximate surface area is 188 Å². The standard InChI is InChI=1S/C23H28Cl2N2O3/c1-4-21(23(29)26-3)27(15-17-9-10-18(24)14-20(17)25)22(28)6-5-13-30-19-11-7-16(2)8-12-19/h7-12,14,21H,4-6,13,15H2,1-3H3,(H,26,29)/t21-/m1/s1. The van der Waals surface area contributed by atoms with Crippen LogP contribution in [0.3, 0.4) is 0 Å². The van der Waals surface area contributed by atoms with E-state index in [0.717, 1.165) is 16.9 Å². The van der Waals surface area contributed by atoms with Crippen LogP contribution in [-0.2, 0) is 16.1 Å². The van der Waals surface area contributed by atoms with Crippen LogP contribution in [0.15, 0.2) is 42.5 Å². The first-order chi connectivity index (χ1) is 14.3. The summed E-state index contributed by atoms with van der Waals surface area (Å²) in [5.41, 5.74) is 1.90. The molecule has 0 saturated heterocycles. The summed E-state index contributed by atoms with van der Waals surface area (Å²) in [6.07, 6.45) is 1.31. The monoisotopic (exact) mass is 450 g/mol. The van der Waals surface area contributed by atoms with Gasteiger partial charge >= 0.3 is 0 Å². The summed E-state index contributed by atoms with van der Waals surface area (Å²) in [5.74, 6) is 0.450. The summed E-state index contributed by atoms with van der Waals surface area (Å²) in [7, 11) is 1.57. The van der Waals surface area contributed by atoms with Gasteiger partial charge in [-0.15, -0.1) is 0 Å². The molecule has 1 atom stereocenters. The Morgan fingerprint density at radius 1 is 1.13 bits per heavy atom. The van der Waals surface area contributed by atoms with Gasteiger partial charge < -0.3 is 15.0 Å². The van der Waals surface area contributed by atoms with Crippen molar-refractivity contribution in [2.24, 2.45) is 0 Å². The van der Waals surface area contributed by atoms with Crippen LogP contribution >= 0.6 is 23.2 Å². The lowest BCUT2D eigenvalue weighted by Gasteiger charge is -2.30. The summed E-state index contributed by atoms with van der Waals surface area (Å²) in [6, 6.07) is 12.3. The molecule has 0 heterocycles. The predicted octanol–water partition coefficient (Wildman–Crippen LogP) is 5.01. The Bertz CT molecular complexity index is 856. The molecule has 2 rings (SSSR count). The third-order valence-electron chi connectivity index (χ3n) is 4.81. The Kier molecular flexibility index (Phi) is 9.47. The molecule has 0 aromatic heterocycles. The highest BCUT2D eigenvalue weighted by Crippen LogP contribution is 2.24. The van der Waals surface area contributed by atoms with Crippen molar-refractivity contribution in [2.45, 2.75) is 45.7 Å². The molecular weight excluding hydrogens is 423 g/mol. The number of hydrogen-bond donors (Lipinski definition) is 1. The minimum atomic E-state index is -0.577. The van der Waals surface area contributed by atoms with Gasteiger partial charge in [0.25, 0.3) is 0 Å². The fourth-order valence-electron chi connectivity index (χ4n) is 3.11. The van der Waals surface area contributed by atoms with E-state index in [4.69, 9.17) is 27.9 Å². The van der Waals surface area contributed by atoms with Crippen LogP contribution in [0.5, 0.6) is 5.75 Å². The topological polar surface area (TPSA) is 58.6 Å². The van der Waals surface area contributed by atoms with Gasteiger partial charge in [0, 0.05) is 30.1 Å². The Balaban J connectivity index is 2.05. The first-order valence-electron chi connectivity index (χ1n) is 10.00. The van der Waals surface area contributed by atoms with E-state index in [1.807, 2.05) is 38.1 Å². The number of benzene rings is 2. The molecule has 162 valence electrons. The van der Waals surface area contributed by atoms with E-state index in [1.165, 1.54) is 0 Å². The summed E-state index contributed by atoms with van der Waals surface area (Å²) in [6.45, 7) is 4.55. The number of carbonyl (C=O) groups is 2. The average molecular weight is 451 g/mol. The average Bonchev–Trinajstić information content (AvgIpc) is 2.73. The van der Waals surface area contributed by atoms with Crippen molar-refractivity contribution < 1.29 is 14.3 Å². The van der Waals surface area contributed by atoms with Gasteiger partial charge in [-0.25, -0.2) is 0 Å². The number of likely N-dealkylation sites (N-methyl/N-ethyl adjacent to an activating group) is 1. The molecule has 1 N–H and O–H groups in total. The maximum atomic E-state index is 13.0. The van der Waals surface area contributed by atoms with Gasteiger partial charge in [-0.2, -0.15) is 0 Å². The SMILES string of the molecule is CC[C@H](C(=O)NC)N(Cc1ccc(Cl)cc1Cl)C(=O)CCCOc1ccc(C)cc1. The summed E-state index contributed by atoms with van der Waals surface area (Å²) in [5, 5.41) is 3.63. The molecule has 0 unspecified atom stereocenters. The van der Waals surface area contributed by atoms with Gasteiger partial charge in [0.2, 0.25) is 11.8 Å². The van der Waals surface area contributed by atoms with Gasteiger partial charge in [-0.1, -0.05) is 53.9 Å². The van der Waals surface area contributed by atoms with Gasteiger partial charge in [-0.3, -0.25) is 9.59 Å². The van der Waals surface area contributed by atoms with Crippen molar-refractivity contribution in [1.29, 1.82) is 0 Å². The molecule has 0 aliphatic heterocycles. The van der Waals surface area contributed by atoms with Crippen LogP contribution in [-0.4, -0.2) is 36.4 Å². The predicted molar refractivity (Wildman–Crippen MR) is 121 cm³/mol. The largest absolute Gasteiger partial charge is 0.494 e. The first-order valence-corrected chi connectivity index (χ1v) is 10.8. The molecule has 2 amide bonds. The molecule has 2 aromatic carbocycles. The maximum absolute atomic E-state index is 13.0. The lowest BCUT2D eigenvalue weighted by atomic mass is 10.1. The molecule has 7 heteroatoms. The highest BCUT2D eigenvalue weighted by Gasteiger charge is 2.28. The molecular formula is C23H28Cl2N2O3. The number of ether oxygens (including phenoxy) is 1. The fourth-order valence-corrected chi connectivity index (χ4v) is 3.58. The Morgan fingerprint density at radius 2 is 1.83 bits per heavy atom. The van der Waals surface area contributed by atoms with Crippen LogP contribution in [0.4, 0.5) is 0 Å². The third kappa shape index (κ3) is 6.92. The van der Waals surface area contributed by atoms with Crippen molar-refractivity contribution in [3.05, 3.63) is 63.6 Å². The molecule has 0 bridgehead atoms. The molecule has 2 aromatic rings. The molecule has 5 nitrogen and oxygen atoms in total. The van der Waals surface area contributed by atoms with Crippen LogP contribution in [0.2, 0.25) is 10.0 Å². The van der Waals surface area contributed by atoms with Crippen molar-refractivity contribution in [3.8, 4) is 5.75 Å². The van der Waals surface area contributed by atoms with Crippen molar-refractivity contribution in [2.75, 3.05) is 13.7 Å². The van der Waals surface area contributed by atoms with E-state index in [2.05, 4.69) is 5.32 Å². The summed E-state index contributed by atoms with van der Waals surface area (Å²) in [4.78, 5) is 27.0. The quantitative estimate of drug-likeness (QED) is 0.517. The zero-order valence-corrected chi connectivity index (χ0v) is 19.1. The molecule has 0 aliphatic rings. The normalized spacial score (nSPS) is 11.6. The van der Waals surface area contributed by atoms with Crippen molar-refractivity contribution >= 4 is 35.0 Å². The van der Waals surface area contributed by atoms with Crippen LogP contribution in [0, 0.1) is 6.92 Å². The second kappa shape index (κ2) is 11.8. The summed E-state index contributed by atoms with van der Waals surface area (Å²) < 4.78 is 5.71. The van der Waals surface area contributed by atoms with Gasteiger partial charge in [0.05, 0.1) is 6.61 Å². The number of amides is 2. The molecule has 0 radical (unpaired) electrons. The summed E-state index contributed by atoms with van der Waals surface area (Å²) >= 11 is 12.3. The number of nitrogens with one attached hydrogen (secondary N) is 1. The minimum Gasteiger partial charge on any atom is -0.494 e. The van der Waals surface area contributed by atoms with Crippen LogP contribution < -0.4 is 10.1 Å². The van der Waals surface area contributed by atoms with Crippen LogP contribution in [0.25, 0.3) is 0 Å². The third-order valence-corrected chi connectivity index (χ3v) is 5.40.